The molecule has 1 aromatic rings. The topological polar surface area (TPSA) is 38.0 Å². The molecule has 2 nitrogen and oxygen atoms in total. The molecule has 0 bridgehead atoms. The van der Waals surface area contributed by atoms with Crippen LogP contribution in [0.1, 0.15) is 25.3 Å². The Balaban J connectivity index is 2.60. The minimum absolute atomic E-state index is 0.531. The van der Waals surface area contributed by atoms with Gasteiger partial charge in [-0.3, -0.25) is 0 Å². The van der Waals surface area contributed by atoms with Crippen molar-refractivity contribution in [2.75, 3.05) is 18.8 Å². The number of nitrogens with two attached hydrogens (primary N) is 1. The van der Waals surface area contributed by atoms with Gasteiger partial charge < -0.3 is 11.1 Å². The molecule has 1 aromatic carbocycles. The highest BCUT2D eigenvalue weighted by atomic mass is 14.8. The monoisotopic (exact) mass is 178 g/mol. The van der Waals surface area contributed by atoms with Crippen LogP contribution in [0, 0.1) is 0 Å². The third-order valence-corrected chi connectivity index (χ3v) is 2.18. The van der Waals surface area contributed by atoms with E-state index in [4.69, 9.17) is 5.73 Å². The number of benzene rings is 1. The van der Waals surface area contributed by atoms with Gasteiger partial charge in [0.2, 0.25) is 0 Å². The van der Waals surface area contributed by atoms with E-state index in [0.717, 1.165) is 18.8 Å². The van der Waals surface area contributed by atoms with Crippen molar-refractivity contribution in [2.24, 2.45) is 0 Å². The van der Waals surface area contributed by atoms with Crippen LogP contribution in [-0.4, -0.2) is 13.1 Å². The normalized spacial score (nSPS) is 12.8. The molecule has 0 amide bonds. The lowest BCUT2D eigenvalue weighted by molar-refractivity contribution is 0.635. The van der Waals surface area contributed by atoms with Gasteiger partial charge in [-0.2, -0.15) is 0 Å². The van der Waals surface area contributed by atoms with Crippen molar-refractivity contribution >= 4 is 5.69 Å². The van der Waals surface area contributed by atoms with E-state index in [0.29, 0.717) is 5.92 Å². The van der Waals surface area contributed by atoms with Gasteiger partial charge in [-0.25, -0.2) is 0 Å². The summed E-state index contributed by atoms with van der Waals surface area (Å²) in [5.74, 6) is 0.531. The zero-order valence-electron chi connectivity index (χ0n) is 8.38. The summed E-state index contributed by atoms with van der Waals surface area (Å²) < 4.78 is 0. The molecule has 0 radical (unpaired) electrons. The molecule has 1 atom stereocenters. The second-order valence-corrected chi connectivity index (χ2v) is 3.38. The first kappa shape index (κ1) is 10.1. The van der Waals surface area contributed by atoms with E-state index >= 15 is 0 Å². The van der Waals surface area contributed by atoms with E-state index in [-0.39, 0.29) is 0 Å². The largest absolute Gasteiger partial charge is 0.399 e. The SMILES string of the molecule is CCNCC(C)c1cccc(N)c1. The Morgan fingerprint density at radius 3 is 2.85 bits per heavy atom. The molecule has 0 fully saturated rings. The summed E-state index contributed by atoms with van der Waals surface area (Å²) in [6, 6.07) is 8.09. The Morgan fingerprint density at radius 1 is 1.46 bits per heavy atom. The highest BCUT2D eigenvalue weighted by Gasteiger charge is 2.03. The molecule has 1 unspecified atom stereocenters. The first-order valence-corrected chi connectivity index (χ1v) is 4.80. The lowest BCUT2D eigenvalue weighted by Crippen LogP contribution is -2.19. The van der Waals surface area contributed by atoms with Crippen molar-refractivity contribution in [2.45, 2.75) is 19.8 Å². The third-order valence-electron chi connectivity index (χ3n) is 2.18. The van der Waals surface area contributed by atoms with Crippen molar-refractivity contribution in [1.29, 1.82) is 0 Å². The second kappa shape index (κ2) is 4.87. The van der Waals surface area contributed by atoms with Crippen molar-refractivity contribution in [3.63, 3.8) is 0 Å². The molecule has 0 aliphatic rings. The Kier molecular flexibility index (Phi) is 3.77. The summed E-state index contributed by atoms with van der Waals surface area (Å²) in [5, 5.41) is 3.33. The first-order valence-electron chi connectivity index (χ1n) is 4.80. The predicted molar refractivity (Wildman–Crippen MR) is 57.8 cm³/mol. The molecule has 0 saturated carbocycles. The van der Waals surface area contributed by atoms with Crippen LogP contribution in [0.15, 0.2) is 24.3 Å². The minimum atomic E-state index is 0.531. The van der Waals surface area contributed by atoms with Gasteiger partial charge in [0, 0.05) is 12.2 Å². The summed E-state index contributed by atoms with van der Waals surface area (Å²) in [4.78, 5) is 0. The standard InChI is InChI=1S/C11H18N2/c1-3-13-8-9(2)10-5-4-6-11(12)7-10/h4-7,9,13H,3,8,12H2,1-2H3. The Bertz CT molecular complexity index is 258. The predicted octanol–water partition coefficient (Wildman–Crippen LogP) is 1.98. The Labute approximate surface area is 80.1 Å². The van der Waals surface area contributed by atoms with Crippen LogP contribution >= 0.6 is 0 Å². The quantitative estimate of drug-likeness (QED) is 0.692. The van der Waals surface area contributed by atoms with Gasteiger partial charge in [-0.15, -0.1) is 0 Å². The van der Waals surface area contributed by atoms with Gasteiger partial charge in [0.1, 0.15) is 0 Å². The molecule has 0 aromatic heterocycles. The van der Waals surface area contributed by atoms with Gasteiger partial charge in [0.15, 0.2) is 0 Å². The molecule has 13 heavy (non-hydrogen) atoms. The number of nitrogens with one attached hydrogen (secondary N) is 1. The maximum absolute atomic E-state index is 5.70. The Hall–Kier alpha value is -1.02. The Morgan fingerprint density at radius 2 is 2.23 bits per heavy atom. The van der Waals surface area contributed by atoms with Gasteiger partial charge in [-0.05, 0) is 30.2 Å². The summed E-state index contributed by atoms with van der Waals surface area (Å²) in [7, 11) is 0. The fourth-order valence-corrected chi connectivity index (χ4v) is 1.34. The summed E-state index contributed by atoms with van der Waals surface area (Å²) in [6.07, 6.45) is 0. The maximum Gasteiger partial charge on any atom is 0.0316 e. The van der Waals surface area contributed by atoms with Gasteiger partial charge in [-0.1, -0.05) is 26.0 Å². The highest BCUT2D eigenvalue weighted by molar-refractivity contribution is 5.41. The van der Waals surface area contributed by atoms with Crippen LogP contribution in [0.2, 0.25) is 0 Å². The third kappa shape index (κ3) is 3.07. The van der Waals surface area contributed by atoms with Gasteiger partial charge >= 0.3 is 0 Å². The summed E-state index contributed by atoms with van der Waals surface area (Å²) in [5.41, 5.74) is 7.86. The molecule has 0 spiro atoms. The minimum Gasteiger partial charge on any atom is -0.399 e. The molecule has 2 heteroatoms. The molecule has 72 valence electrons. The molecule has 0 aliphatic carbocycles. The van der Waals surface area contributed by atoms with Crippen LogP contribution in [0.3, 0.4) is 0 Å². The van der Waals surface area contributed by atoms with E-state index < -0.39 is 0 Å². The maximum atomic E-state index is 5.70. The lowest BCUT2D eigenvalue weighted by atomic mass is 10.0. The number of hydrogen-bond acceptors (Lipinski definition) is 2. The average molecular weight is 178 g/mol. The van der Waals surface area contributed by atoms with E-state index in [1.54, 1.807) is 0 Å². The molecule has 0 saturated heterocycles. The van der Waals surface area contributed by atoms with Crippen molar-refractivity contribution in [1.82, 2.24) is 5.32 Å². The zero-order valence-corrected chi connectivity index (χ0v) is 8.38. The molecule has 0 heterocycles. The second-order valence-electron chi connectivity index (χ2n) is 3.38. The van der Waals surface area contributed by atoms with Crippen LogP contribution in [0.5, 0.6) is 0 Å². The van der Waals surface area contributed by atoms with Crippen molar-refractivity contribution in [3.05, 3.63) is 29.8 Å². The smallest absolute Gasteiger partial charge is 0.0316 e. The van der Waals surface area contributed by atoms with Gasteiger partial charge in [0.25, 0.3) is 0 Å². The van der Waals surface area contributed by atoms with E-state index in [1.807, 2.05) is 18.2 Å². The van der Waals surface area contributed by atoms with E-state index in [1.165, 1.54) is 5.56 Å². The number of anilines is 1. The van der Waals surface area contributed by atoms with Crippen LogP contribution in [0.4, 0.5) is 5.69 Å². The molecule has 1 rings (SSSR count). The van der Waals surface area contributed by atoms with E-state index in [9.17, 15) is 0 Å². The molecular formula is C11H18N2. The number of likely N-dealkylation sites (N-methyl/N-ethyl adjacent to an activating group) is 1. The molecule has 3 N–H and O–H groups in total. The average Bonchev–Trinajstić information content (AvgIpc) is 2.14. The van der Waals surface area contributed by atoms with Crippen LogP contribution in [0.25, 0.3) is 0 Å². The van der Waals surface area contributed by atoms with Gasteiger partial charge in [0.05, 0.1) is 0 Å². The van der Waals surface area contributed by atoms with Crippen LogP contribution in [-0.2, 0) is 0 Å². The van der Waals surface area contributed by atoms with E-state index in [2.05, 4.69) is 25.2 Å². The lowest BCUT2D eigenvalue weighted by Gasteiger charge is -2.12. The summed E-state index contributed by atoms with van der Waals surface area (Å²) in [6.45, 7) is 6.36. The fraction of sp³-hybridized carbons (Fsp3) is 0.455. The fourth-order valence-electron chi connectivity index (χ4n) is 1.34. The number of rotatable bonds is 4. The van der Waals surface area contributed by atoms with Crippen molar-refractivity contribution in [3.8, 4) is 0 Å². The molecular weight excluding hydrogens is 160 g/mol. The highest BCUT2D eigenvalue weighted by Crippen LogP contribution is 2.16. The zero-order chi connectivity index (χ0) is 9.68. The number of hydrogen-bond donors (Lipinski definition) is 2. The summed E-state index contributed by atoms with van der Waals surface area (Å²) >= 11 is 0. The van der Waals surface area contributed by atoms with Crippen LogP contribution < -0.4 is 11.1 Å². The first-order chi connectivity index (χ1) is 6.24. The number of nitrogen functional groups attached to an aromatic ring is 1. The molecule has 0 aliphatic heterocycles. The van der Waals surface area contributed by atoms with Crippen molar-refractivity contribution < 1.29 is 0 Å².